The Morgan fingerprint density at radius 3 is 1.90 bits per heavy atom. The molecule has 0 aromatic rings. The van der Waals surface area contributed by atoms with Crippen LogP contribution in [-0.4, -0.2) is 28.6 Å². The van der Waals surface area contributed by atoms with Crippen LogP contribution in [0.2, 0.25) is 6.55 Å². The van der Waals surface area contributed by atoms with Crippen molar-refractivity contribution in [2.75, 3.05) is 14.2 Å². The third-order valence-corrected chi connectivity index (χ3v) is 4.91. The highest BCUT2D eigenvalue weighted by atomic mass is 28.4. The van der Waals surface area contributed by atoms with Crippen molar-refractivity contribution in [3.8, 4) is 0 Å². The summed E-state index contributed by atoms with van der Waals surface area (Å²) in [5.41, 5.74) is 0. The van der Waals surface area contributed by atoms with Crippen molar-refractivity contribution >= 4 is 8.56 Å². The average Bonchev–Trinajstić information content (AvgIpc) is 2.01. The Morgan fingerprint density at radius 1 is 1.40 bits per heavy atom. The Bertz CT molecular complexity index is 95.7. The molecular formula is C6H15FO2Si. The first-order valence-corrected chi connectivity index (χ1v) is 5.74. The Labute approximate surface area is 62.6 Å². The van der Waals surface area contributed by atoms with E-state index in [1.807, 2.05) is 0 Å². The van der Waals surface area contributed by atoms with Gasteiger partial charge in [-0.3, -0.25) is 0 Å². The van der Waals surface area contributed by atoms with Crippen LogP contribution in [0.3, 0.4) is 0 Å². The van der Waals surface area contributed by atoms with Gasteiger partial charge in [-0.05, 0) is 13.0 Å². The van der Waals surface area contributed by atoms with Gasteiger partial charge >= 0.3 is 8.56 Å². The maximum atomic E-state index is 13.0. The Morgan fingerprint density at radius 2 is 1.80 bits per heavy atom. The molecule has 0 bridgehead atoms. The van der Waals surface area contributed by atoms with Crippen LogP contribution in [0.4, 0.5) is 4.39 Å². The Balaban J connectivity index is 4.02. The van der Waals surface area contributed by atoms with Crippen LogP contribution in [-0.2, 0) is 8.85 Å². The van der Waals surface area contributed by atoms with E-state index in [4.69, 9.17) is 8.85 Å². The number of halogens is 1. The van der Waals surface area contributed by atoms with E-state index >= 15 is 0 Å². The second-order valence-corrected chi connectivity index (χ2v) is 5.77. The van der Waals surface area contributed by atoms with Gasteiger partial charge in [0.05, 0.1) is 0 Å². The lowest BCUT2D eigenvalue weighted by atomic mass is 10.5. The maximum Gasteiger partial charge on any atom is 0.369 e. The van der Waals surface area contributed by atoms with Gasteiger partial charge in [0.15, 0.2) is 0 Å². The fraction of sp³-hybridized carbons (Fsp3) is 1.00. The molecule has 0 aromatic carbocycles. The van der Waals surface area contributed by atoms with Crippen molar-refractivity contribution in [3.05, 3.63) is 0 Å². The highest BCUT2D eigenvalue weighted by molar-refractivity contribution is 6.67. The van der Waals surface area contributed by atoms with Gasteiger partial charge in [0.25, 0.3) is 0 Å². The van der Waals surface area contributed by atoms with E-state index in [9.17, 15) is 4.39 Å². The molecule has 0 saturated heterocycles. The number of hydrogen-bond donors (Lipinski definition) is 0. The first kappa shape index (κ1) is 10.1. The third-order valence-electron chi connectivity index (χ3n) is 1.74. The number of alkyl halides is 1. The molecule has 0 amide bonds. The molecule has 0 heterocycles. The Kier molecular flexibility index (Phi) is 4.08. The van der Waals surface area contributed by atoms with Gasteiger partial charge in [0, 0.05) is 14.2 Å². The monoisotopic (exact) mass is 166 g/mol. The van der Waals surface area contributed by atoms with Gasteiger partial charge in [-0.25, -0.2) is 4.39 Å². The van der Waals surface area contributed by atoms with Gasteiger partial charge in [0.1, 0.15) is 5.79 Å². The second-order valence-electron chi connectivity index (χ2n) is 2.30. The summed E-state index contributed by atoms with van der Waals surface area (Å²) in [5.74, 6) is -0.928. The van der Waals surface area contributed by atoms with Crippen LogP contribution in [0.15, 0.2) is 0 Å². The molecule has 10 heavy (non-hydrogen) atoms. The highest BCUT2D eigenvalue weighted by Gasteiger charge is 2.38. The van der Waals surface area contributed by atoms with Crippen molar-refractivity contribution in [1.82, 2.24) is 0 Å². The molecule has 4 heteroatoms. The molecule has 0 saturated carbocycles. The molecule has 0 aliphatic heterocycles. The van der Waals surface area contributed by atoms with Crippen LogP contribution < -0.4 is 0 Å². The predicted molar refractivity (Wildman–Crippen MR) is 40.8 cm³/mol. The van der Waals surface area contributed by atoms with Crippen LogP contribution in [0.25, 0.3) is 0 Å². The van der Waals surface area contributed by atoms with E-state index in [0.29, 0.717) is 6.42 Å². The minimum absolute atomic E-state index is 0.463. The van der Waals surface area contributed by atoms with Crippen LogP contribution in [0.1, 0.15) is 13.3 Å². The van der Waals surface area contributed by atoms with Gasteiger partial charge in [-0.1, -0.05) is 6.92 Å². The molecular weight excluding hydrogens is 151 g/mol. The largest absolute Gasteiger partial charge is 0.396 e. The summed E-state index contributed by atoms with van der Waals surface area (Å²) in [4.78, 5) is 0. The summed E-state index contributed by atoms with van der Waals surface area (Å²) in [6.45, 7) is 3.51. The first-order valence-electron chi connectivity index (χ1n) is 3.35. The molecule has 1 unspecified atom stereocenters. The van der Waals surface area contributed by atoms with Crippen molar-refractivity contribution in [2.45, 2.75) is 25.7 Å². The van der Waals surface area contributed by atoms with Gasteiger partial charge in [-0.2, -0.15) is 0 Å². The zero-order valence-corrected chi connectivity index (χ0v) is 7.98. The van der Waals surface area contributed by atoms with E-state index < -0.39 is 14.4 Å². The maximum absolute atomic E-state index is 13.0. The predicted octanol–water partition coefficient (Wildman–Crippen LogP) is 1.64. The van der Waals surface area contributed by atoms with E-state index in [1.54, 1.807) is 13.5 Å². The molecule has 0 N–H and O–H groups in total. The van der Waals surface area contributed by atoms with Gasteiger partial charge in [0.2, 0.25) is 0 Å². The summed E-state index contributed by atoms with van der Waals surface area (Å²) in [5, 5.41) is 0. The van der Waals surface area contributed by atoms with Crippen LogP contribution >= 0.6 is 0 Å². The lowest BCUT2D eigenvalue weighted by Gasteiger charge is -2.25. The van der Waals surface area contributed by atoms with Crippen molar-refractivity contribution in [2.24, 2.45) is 0 Å². The lowest BCUT2D eigenvalue weighted by Crippen LogP contribution is -2.46. The van der Waals surface area contributed by atoms with Gasteiger partial charge < -0.3 is 8.85 Å². The molecule has 0 rings (SSSR count). The molecule has 1 atom stereocenters. The number of hydrogen-bond acceptors (Lipinski definition) is 2. The fourth-order valence-electron chi connectivity index (χ4n) is 0.710. The second kappa shape index (κ2) is 4.05. The highest BCUT2D eigenvalue weighted by Crippen LogP contribution is 2.15. The zero-order valence-electron chi connectivity index (χ0n) is 6.98. The van der Waals surface area contributed by atoms with Crippen LogP contribution in [0.5, 0.6) is 0 Å². The van der Waals surface area contributed by atoms with Crippen molar-refractivity contribution in [1.29, 1.82) is 0 Å². The summed E-state index contributed by atoms with van der Waals surface area (Å²) < 4.78 is 23.0. The number of rotatable bonds is 4. The van der Waals surface area contributed by atoms with E-state index in [2.05, 4.69) is 0 Å². The average molecular weight is 166 g/mol. The summed E-state index contributed by atoms with van der Waals surface area (Å²) >= 11 is 0. The molecule has 62 valence electrons. The smallest absolute Gasteiger partial charge is 0.369 e. The summed E-state index contributed by atoms with van der Waals surface area (Å²) in [6.07, 6.45) is 0.463. The lowest BCUT2D eigenvalue weighted by molar-refractivity contribution is 0.199. The molecule has 2 nitrogen and oxygen atoms in total. The molecule has 0 radical (unpaired) electrons. The van der Waals surface area contributed by atoms with Crippen molar-refractivity contribution in [3.63, 3.8) is 0 Å². The SMILES string of the molecule is CCC(F)[Si](C)(OC)OC. The van der Waals surface area contributed by atoms with E-state index in [-0.39, 0.29) is 0 Å². The first-order chi connectivity index (χ1) is 4.60. The summed E-state index contributed by atoms with van der Waals surface area (Å²) in [6, 6.07) is 0. The topological polar surface area (TPSA) is 18.5 Å². The molecule has 0 aliphatic rings. The van der Waals surface area contributed by atoms with Crippen LogP contribution in [0, 0.1) is 0 Å². The van der Waals surface area contributed by atoms with Gasteiger partial charge in [-0.15, -0.1) is 0 Å². The normalized spacial score (nSPS) is 15.3. The standard InChI is InChI=1S/C6H15FO2Si/c1-5-6(7)10(4,8-2)9-3/h6H,5H2,1-4H3. The quantitative estimate of drug-likeness (QED) is 0.591. The van der Waals surface area contributed by atoms with Crippen molar-refractivity contribution < 1.29 is 13.2 Å². The molecule has 0 spiro atoms. The summed E-state index contributed by atoms with van der Waals surface area (Å²) in [7, 11) is 0.529. The third kappa shape index (κ3) is 2.04. The minimum Gasteiger partial charge on any atom is -0.396 e. The van der Waals surface area contributed by atoms with E-state index in [0.717, 1.165) is 0 Å². The van der Waals surface area contributed by atoms with E-state index in [1.165, 1.54) is 14.2 Å². The Hall–Kier alpha value is 0.0669. The molecule has 0 aliphatic carbocycles. The zero-order chi connectivity index (χ0) is 8.20. The minimum atomic E-state index is -2.47. The molecule has 0 aromatic heterocycles. The fourth-order valence-corrected chi connectivity index (χ4v) is 2.13. The molecule has 0 fully saturated rings.